The number of aryl methyl sites for hydroxylation is 2. The zero-order valence-electron chi connectivity index (χ0n) is 19.0. The molecule has 1 aromatic heterocycles. The highest BCUT2D eigenvalue weighted by molar-refractivity contribution is 5.78. The normalized spacial score (nSPS) is 19.1. The minimum atomic E-state index is -0.00753. The fraction of sp³-hybridized carbons (Fsp3) is 0.680. The molecule has 1 N–H and O–H groups in total. The Hall–Kier alpha value is -2.08. The van der Waals surface area contributed by atoms with E-state index in [0.717, 1.165) is 49.3 Å². The van der Waals surface area contributed by atoms with Gasteiger partial charge in [-0.3, -0.25) is 13.9 Å². The topological polar surface area (TPSA) is 59.3 Å². The predicted molar refractivity (Wildman–Crippen MR) is 125 cm³/mol. The lowest BCUT2D eigenvalue weighted by atomic mass is 9.88. The molecule has 1 saturated carbocycles. The third-order valence-electron chi connectivity index (χ3n) is 7.13. The summed E-state index contributed by atoms with van der Waals surface area (Å²) in [7, 11) is 0. The third-order valence-corrected chi connectivity index (χ3v) is 7.13. The molecule has 0 spiro atoms. The number of aromatic nitrogens is 2. The van der Waals surface area contributed by atoms with Crippen LogP contribution in [0.1, 0.15) is 64.7 Å². The van der Waals surface area contributed by atoms with Crippen molar-refractivity contribution >= 4 is 16.9 Å². The Kier molecular flexibility index (Phi) is 7.49. The maximum absolute atomic E-state index is 12.9. The van der Waals surface area contributed by atoms with E-state index in [-0.39, 0.29) is 17.6 Å². The minimum absolute atomic E-state index is 0.00753. The number of hydrogen-bond donors (Lipinski definition) is 1. The fourth-order valence-electron chi connectivity index (χ4n) is 5.44. The predicted octanol–water partition coefficient (Wildman–Crippen LogP) is 3.76. The summed E-state index contributed by atoms with van der Waals surface area (Å²) in [4.78, 5) is 28.1. The SMILES string of the molecule is CCCn1c(=O)n(CCC(=O)NC2CCN(CC3CCCCC3)CC2)c2ccccc21. The van der Waals surface area contributed by atoms with Crippen LogP contribution in [-0.2, 0) is 17.9 Å². The number of carbonyl (C=O) groups is 1. The van der Waals surface area contributed by atoms with Crippen LogP contribution in [0, 0.1) is 5.92 Å². The molecular formula is C25H38N4O2. The maximum Gasteiger partial charge on any atom is 0.329 e. The van der Waals surface area contributed by atoms with Crippen molar-refractivity contribution < 1.29 is 4.79 Å². The highest BCUT2D eigenvalue weighted by Gasteiger charge is 2.24. The van der Waals surface area contributed by atoms with Gasteiger partial charge in [0.2, 0.25) is 5.91 Å². The lowest BCUT2D eigenvalue weighted by molar-refractivity contribution is -0.122. The van der Waals surface area contributed by atoms with Crippen molar-refractivity contribution in [2.75, 3.05) is 19.6 Å². The number of rotatable bonds is 8. The van der Waals surface area contributed by atoms with Gasteiger partial charge in [0, 0.05) is 45.2 Å². The number of amides is 1. The van der Waals surface area contributed by atoms with Crippen molar-refractivity contribution in [3.05, 3.63) is 34.7 Å². The summed E-state index contributed by atoms with van der Waals surface area (Å²) in [6.07, 6.45) is 10.3. The van der Waals surface area contributed by atoms with Gasteiger partial charge in [-0.1, -0.05) is 38.3 Å². The quantitative estimate of drug-likeness (QED) is 0.699. The summed E-state index contributed by atoms with van der Waals surface area (Å²) in [5, 5.41) is 3.23. The van der Waals surface area contributed by atoms with Crippen LogP contribution in [0.3, 0.4) is 0 Å². The van der Waals surface area contributed by atoms with E-state index in [1.807, 2.05) is 28.8 Å². The first-order valence-electron chi connectivity index (χ1n) is 12.4. The number of carbonyl (C=O) groups excluding carboxylic acids is 1. The van der Waals surface area contributed by atoms with Crippen molar-refractivity contribution in [1.82, 2.24) is 19.4 Å². The second kappa shape index (κ2) is 10.5. The van der Waals surface area contributed by atoms with E-state index < -0.39 is 0 Å². The van der Waals surface area contributed by atoms with E-state index in [9.17, 15) is 9.59 Å². The molecule has 0 bridgehead atoms. The van der Waals surface area contributed by atoms with Crippen LogP contribution >= 0.6 is 0 Å². The molecule has 1 aliphatic heterocycles. The summed E-state index contributed by atoms with van der Waals surface area (Å²) in [5.41, 5.74) is 1.87. The van der Waals surface area contributed by atoms with E-state index in [2.05, 4.69) is 17.1 Å². The molecule has 6 heteroatoms. The first kappa shape index (κ1) is 22.1. The van der Waals surface area contributed by atoms with E-state index in [0.29, 0.717) is 19.5 Å². The number of hydrogen-bond acceptors (Lipinski definition) is 3. The summed E-state index contributed by atoms with van der Waals surface area (Å²) in [6, 6.07) is 8.15. The molecule has 6 nitrogen and oxygen atoms in total. The van der Waals surface area contributed by atoms with Gasteiger partial charge >= 0.3 is 5.69 Å². The van der Waals surface area contributed by atoms with E-state index >= 15 is 0 Å². The second-order valence-electron chi connectivity index (χ2n) is 9.47. The van der Waals surface area contributed by atoms with Crippen molar-refractivity contribution in [2.24, 2.45) is 5.92 Å². The lowest BCUT2D eigenvalue weighted by Gasteiger charge is -2.35. The molecule has 2 heterocycles. The first-order chi connectivity index (χ1) is 15.2. The van der Waals surface area contributed by atoms with Gasteiger partial charge in [-0.2, -0.15) is 0 Å². The van der Waals surface area contributed by atoms with Crippen molar-refractivity contribution in [1.29, 1.82) is 0 Å². The van der Waals surface area contributed by atoms with E-state index in [1.54, 1.807) is 4.57 Å². The molecule has 1 saturated heterocycles. The van der Waals surface area contributed by atoms with Gasteiger partial charge in [-0.25, -0.2) is 4.79 Å². The van der Waals surface area contributed by atoms with Crippen LogP contribution in [-0.4, -0.2) is 45.6 Å². The molecule has 170 valence electrons. The third kappa shape index (κ3) is 5.40. The van der Waals surface area contributed by atoms with Gasteiger partial charge in [-0.15, -0.1) is 0 Å². The number of imidazole rings is 1. The molecule has 0 atom stereocenters. The summed E-state index contributed by atoms with van der Waals surface area (Å²) < 4.78 is 3.59. The Morgan fingerprint density at radius 3 is 2.26 bits per heavy atom. The standard InChI is InChI=1S/C25H38N4O2/c1-2-15-28-22-10-6-7-11-23(22)29(25(28)31)18-14-24(30)26-21-12-16-27(17-13-21)19-20-8-4-3-5-9-20/h6-7,10-11,20-21H,2-5,8-9,12-19H2,1H3,(H,26,30). The molecule has 4 rings (SSSR count). The molecule has 2 aliphatic rings. The molecule has 1 amide bonds. The maximum atomic E-state index is 12.9. The first-order valence-corrected chi connectivity index (χ1v) is 12.4. The van der Waals surface area contributed by atoms with Crippen molar-refractivity contribution in [2.45, 2.75) is 83.8 Å². The number of piperidine rings is 1. The number of nitrogens with zero attached hydrogens (tertiary/aromatic N) is 3. The van der Waals surface area contributed by atoms with Crippen LogP contribution in [0.25, 0.3) is 11.0 Å². The summed E-state index contributed by atoms with van der Waals surface area (Å²) in [6.45, 7) is 6.63. The van der Waals surface area contributed by atoms with Crippen molar-refractivity contribution in [3.8, 4) is 0 Å². The zero-order chi connectivity index (χ0) is 21.6. The highest BCUT2D eigenvalue weighted by atomic mass is 16.2. The molecule has 0 radical (unpaired) electrons. The molecule has 0 unspecified atom stereocenters. The number of para-hydroxylation sites is 2. The van der Waals surface area contributed by atoms with Crippen molar-refractivity contribution in [3.63, 3.8) is 0 Å². The fourth-order valence-corrected chi connectivity index (χ4v) is 5.44. The molecular weight excluding hydrogens is 388 g/mol. The van der Waals surface area contributed by atoms with Crippen LogP contribution in [0.4, 0.5) is 0 Å². The van der Waals surface area contributed by atoms with Crippen LogP contribution in [0.15, 0.2) is 29.1 Å². The Morgan fingerprint density at radius 2 is 1.61 bits per heavy atom. The lowest BCUT2D eigenvalue weighted by Crippen LogP contribution is -2.46. The summed E-state index contributed by atoms with van der Waals surface area (Å²) >= 11 is 0. The van der Waals surface area contributed by atoms with Gasteiger partial charge in [0.1, 0.15) is 0 Å². The smallest absolute Gasteiger partial charge is 0.329 e. The Balaban J connectivity index is 1.27. The van der Waals surface area contributed by atoms with Gasteiger partial charge in [-0.05, 0) is 50.2 Å². The average molecular weight is 427 g/mol. The Bertz CT molecular complexity index is 917. The zero-order valence-corrected chi connectivity index (χ0v) is 19.0. The molecule has 1 aliphatic carbocycles. The van der Waals surface area contributed by atoms with Crippen LogP contribution in [0.5, 0.6) is 0 Å². The highest BCUT2D eigenvalue weighted by Crippen LogP contribution is 2.25. The van der Waals surface area contributed by atoms with Crippen LogP contribution in [0.2, 0.25) is 0 Å². The van der Waals surface area contributed by atoms with Gasteiger partial charge < -0.3 is 10.2 Å². The molecule has 2 aromatic rings. The Morgan fingerprint density at radius 1 is 0.968 bits per heavy atom. The minimum Gasteiger partial charge on any atom is -0.353 e. The summed E-state index contributed by atoms with van der Waals surface area (Å²) in [5.74, 6) is 0.943. The van der Waals surface area contributed by atoms with Gasteiger partial charge in [0.15, 0.2) is 0 Å². The molecule has 31 heavy (non-hydrogen) atoms. The monoisotopic (exact) mass is 426 g/mol. The number of likely N-dealkylation sites (tertiary alicyclic amines) is 1. The number of nitrogens with one attached hydrogen (secondary N) is 1. The van der Waals surface area contributed by atoms with Crippen LogP contribution < -0.4 is 11.0 Å². The second-order valence-corrected chi connectivity index (χ2v) is 9.47. The number of benzene rings is 1. The van der Waals surface area contributed by atoms with Gasteiger partial charge in [0.25, 0.3) is 0 Å². The van der Waals surface area contributed by atoms with Gasteiger partial charge in [0.05, 0.1) is 11.0 Å². The average Bonchev–Trinajstić information content (AvgIpc) is 3.06. The Labute approximate surface area is 185 Å². The molecule has 1 aromatic carbocycles. The number of fused-ring (bicyclic) bond motifs is 1. The van der Waals surface area contributed by atoms with E-state index in [1.165, 1.54) is 38.6 Å². The largest absolute Gasteiger partial charge is 0.353 e. The molecule has 2 fully saturated rings. The van der Waals surface area contributed by atoms with E-state index in [4.69, 9.17) is 0 Å².